The summed E-state index contributed by atoms with van der Waals surface area (Å²) in [6, 6.07) is 6.91. The van der Waals surface area contributed by atoms with E-state index in [1.54, 1.807) is 36.7 Å². The van der Waals surface area contributed by atoms with Gasteiger partial charge in [-0.25, -0.2) is 4.98 Å². The molecule has 2 aromatic heterocycles. The van der Waals surface area contributed by atoms with E-state index in [4.69, 9.17) is 11.6 Å². The van der Waals surface area contributed by atoms with Crippen molar-refractivity contribution in [3.63, 3.8) is 0 Å². The molecule has 1 N–H and O–H groups in total. The van der Waals surface area contributed by atoms with Crippen LogP contribution in [0.3, 0.4) is 0 Å². The lowest BCUT2D eigenvalue weighted by Gasteiger charge is -2.07. The minimum absolute atomic E-state index is 0.149. The topological polar surface area (TPSA) is 67.8 Å². The number of carbonyl (C=O) groups is 1. The Morgan fingerprint density at radius 3 is 2.67 bits per heavy atom. The summed E-state index contributed by atoms with van der Waals surface area (Å²) in [6.45, 7) is 0. The van der Waals surface area contributed by atoms with E-state index >= 15 is 0 Å². The number of rotatable bonds is 2. The number of fused-ring (bicyclic) bond motifs is 1. The number of carbonyl (C=O) groups excluding carboxylic acids is 1. The van der Waals surface area contributed by atoms with Crippen LogP contribution in [0.15, 0.2) is 47.3 Å². The minimum Gasteiger partial charge on any atom is -0.322 e. The standard InChI is InChI=1S/C14H8BrClN4O/c15-8-5-10(13(16)19-7-8)14(21)20-9-1-2-11-12(6-9)18-4-3-17-11/h1-7H,(H,20,21). The molecule has 1 aromatic carbocycles. The van der Waals surface area contributed by atoms with Gasteiger partial charge in [0.15, 0.2) is 0 Å². The van der Waals surface area contributed by atoms with Crippen molar-refractivity contribution in [2.45, 2.75) is 0 Å². The Morgan fingerprint density at radius 2 is 1.86 bits per heavy atom. The first-order valence-electron chi connectivity index (χ1n) is 5.96. The van der Waals surface area contributed by atoms with E-state index in [0.717, 1.165) is 5.52 Å². The van der Waals surface area contributed by atoms with E-state index in [9.17, 15) is 4.79 Å². The summed E-state index contributed by atoms with van der Waals surface area (Å²) in [4.78, 5) is 24.5. The molecule has 0 aliphatic heterocycles. The molecule has 21 heavy (non-hydrogen) atoms. The first-order chi connectivity index (χ1) is 10.1. The third-order valence-electron chi connectivity index (χ3n) is 2.78. The largest absolute Gasteiger partial charge is 0.322 e. The van der Waals surface area contributed by atoms with Crippen LogP contribution in [-0.4, -0.2) is 20.9 Å². The highest BCUT2D eigenvalue weighted by Crippen LogP contribution is 2.21. The van der Waals surface area contributed by atoms with Gasteiger partial charge in [0.25, 0.3) is 5.91 Å². The number of pyridine rings is 1. The molecule has 0 aliphatic rings. The quantitative estimate of drug-likeness (QED) is 0.705. The van der Waals surface area contributed by atoms with Crippen LogP contribution >= 0.6 is 27.5 Å². The minimum atomic E-state index is -0.336. The van der Waals surface area contributed by atoms with Crippen molar-refractivity contribution >= 4 is 50.2 Å². The van der Waals surface area contributed by atoms with Crippen molar-refractivity contribution in [1.29, 1.82) is 0 Å². The fourth-order valence-corrected chi connectivity index (χ4v) is 2.34. The molecule has 3 aromatic rings. The Kier molecular flexibility index (Phi) is 3.81. The molecule has 7 heteroatoms. The van der Waals surface area contributed by atoms with Crippen LogP contribution in [0.5, 0.6) is 0 Å². The van der Waals surface area contributed by atoms with Gasteiger partial charge >= 0.3 is 0 Å². The predicted octanol–water partition coefficient (Wildman–Crippen LogP) is 3.69. The van der Waals surface area contributed by atoms with Crippen LogP contribution in [0, 0.1) is 0 Å². The second-order valence-electron chi connectivity index (χ2n) is 4.21. The van der Waals surface area contributed by atoms with Gasteiger partial charge in [-0.3, -0.25) is 14.8 Å². The number of benzene rings is 1. The summed E-state index contributed by atoms with van der Waals surface area (Å²) in [5, 5.41) is 2.92. The van der Waals surface area contributed by atoms with E-state index < -0.39 is 0 Å². The maximum Gasteiger partial charge on any atom is 0.258 e. The first-order valence-corrected chi connectivity index (χ1v) is 7.14. The van der Waals surface area contributed by atoms with Gasteiger partial charge in [-0.1, -0.05) is 11.6 Å². The van der Waals surface area contributed by atoms with E-state index in [-0.39, 0.29) is 11.1 Å². The number of halogens is 2. The summed E-state index contributed by atoms with van der Waals surface area (Å²) in [7, 11) is 0. The van der Waals surface area contributed by atoms with Crippen LogP contribution in [0.4, 0.5) is 5.69 Å². The Balaban J connectivity index is 1.90. The Hall–Kier alpha value is -2.05. The van der Waals surface area contributed by atoms with Crippen molar-refractivity contribution in [3.05, 3.63) is 58.0 Å². The molecular formula is C14H8BrClN4O. The summed E-state index contributed by atoms with van der Waals surface area (Å²) in [5.74, 6) is -0.336. The van der Waals surface area contributed by atoms with Gasteiger partial charge in [0.1, 0.15) is 5.15 Å². The molecule has 0 radical (unpaired) electrons. The van der Waals surface area contributed by atoms with Crippen molar-refractivity contribution in [2.24, 2.45) is 0 Å². The third kappa shape index (κ3) is 3.01. The SMILES string of the molecule is O=C(Nc1ccc2nccnc2c1)c1cc(Br)cnc1Cl. The number of hydrogen-bond donors (Lipinski definition) is 1. The summed E-state index contributed by atoms with van der Waals surface area (Å²) < 4.78 is 0.682. The maximum atomic E-state index is 12.2. The number of nitrogens with zero attached hydrogens (tertiary/aromatic N) is 3. The zero-order valence-electron chi connectivity index (χ0n) is 10.5. The number of aromatic nitrogens is 3. The molecule has 1 amide bonds. The van der Waals surface area contributed by atoms with Gasteiger partial charge in [-0.05, 0) is 40.2 Å². The van der Waals surface area contributed by atoms with Crippen LogP contribution < -0.4 is 5.32 Å². The van der Waals surface area contributed by atoms with E-state index in [2.05, 4.69) is 36.2 Å². The fraction of sp³-hybridized carbons (Fsp3) is 0. The van der Waals surface area contributed by atoms with Gasteiger partial charge in [0.2, 0.25) is 0 Å². The molecular weight excluding hydrogens is 356 g/mol. The molecule has 0 bridgehead atoms. The van der Waals surface area contributed by atoms with Gasteiger partial charge in [0.05, 0.1) is 16.6 Å². The smallest absolute Gasteiger partial charge is 0.258 e. The lowest BCUT2D eigenvalue weighted by atomic mass is 10.2. The lowest BCUT2D eigenvalue weighted by molar-refractivity contribution is 0.102. The maximum absolute atomic E-state index is 12.2. The molecule has 5 nitrogen and oxygen atoms in total. The average Bonchev–Trinajstić information content (AvgIpc) is 2.49. The second kappa shape index (κ2) is 5.75. The lowest BCUT2D eigenvalue weighted by Crippen LogP contribution is -2.13. The molecule has 0 atom stereocenters. The zero-order valence-corrected chi connectivity index (χ0v) is 12.9. The van der Waals surface area contributed by atoms with Crippen molar-refractivity contribution in [1.82, 2.24) is 15.0 Å². The van der Waals surface area contributed by atoms with Crippen molar-refractivity contribution < 1.29 is 4.79 Å². The molecule has 0 fully saturated rings. The molecule has 0 spiro atoms. The van der Waals surface area contributed by atoms with Crippen LogP contribution in [0.25, 0.3) is 11.0 Å². The van der Waals surface area contributed by atoms with Gasteiger partial charge in [-0.2, -0.15) is 0 Å². The molecule has 3 rings (SSSR count). The Labute approximate surface area is 133 Å². The predicted molar refractivity (Wildman–Crippen MR) is 84.4 cm³/mol. The van der Waals surface area contributed by atoms with E-state index in [1.807, 2.05) is 0 Å². The summed E-state index contributed by atoms with van der Waals surface area (Å²) >= 11 is 9.20. The van der Waals surface area contributed by atoms with Gasteiger partial charge in [0, 0.05) is 28.8 Å². The Bertz CT molecular complexity index is 840. The highest BCUT2D eigenvalue weighted by Gasteiger charge is 2.12. The Morgan fingerprint density at radius 1 is 1.10 bits per heavy atom. The highest BCUT2D eigenvalue weighted by molar-refractivity contribution is 9.10. The average molecular weight is 364 g/mol. The van der Waals surface area contributed by atoms with E-state index in [0.29, 0.717) is 21.2 Å². The van der Waals surface area contributed by atoms with Crippen LogP contribution in [0.2, 0.25) is 5.15 Å². The number of nitrogens with one attached hydrogen (secondary N) is 1. The zero-order chi connectivity index (χ0) is 14.8. The normalized spacial score (nSPS) is 10.6. The van der Waals surface area contributed by atoms with Gasteiger partial charge < -0.3 is 5.32 Å². The molecule has 0 saturated carbocycles. The van der Waals surface area contributed by atoms with E-state index in [1.165, 1.54) is 6.20 Å². The monoisotopic (exact) mass is 362 g/mol. The molecule has 2 heterocycles. The highest BCUT2D eigenvalue weighted by atomic mass is 79.9. The summed E-state index contributed by atoms with van der Waals surface area (Å²) in [5.41, 5.74) is 2.38. The van der Waals surface area contributed by atoms with Crippen LogP contribution in [0.1, 0.15) is 10.4 Å². The number of anilines is 1. The molecule has 0 unspecified atom stereocenters. The molecule has 104 valence electrons. The second-order valence-corrected chi connectivity index (χ2v) is 5.48. The molecule has 0 aliphatic carbocycles. The van der Waals surface area contributed by atoms with Gasteiger partial charge in [-0.15, -0.1) is 0 Å². The number of hydrogen-bond acceptors (Lipinski definition) is 4. The third-order valence-corrected chi connectivity index (χ3v) is 3.51. The summed E-state index contributed by atoms with van der Waals surface area (Å²) in [6.07, 6.45) is 4.75. The number of amides is 1. The van der Waals surface area contributed by atoms with Crippen LogP contribution in [-0.2, 0) is 0 Å². The fourth-order valence-electron chi connectivity index (χ4n) is 1.82. The van der Waals surface area contributed by atoms with Crippen molar-refractivity contribution in [2.75, 3.05) is 5.32 Å². The molecule has 0 saturated heterocycles. The van der Waals surface area contributed by atoms with Crippen molar-refractivity contribution in [3.8, 4) is 0 Å². The first kappa shape index (κ1) is 13.9.